The summed E-state index contributed by atoms with van der Waals surface area (Å²) in [6.07, 6.45) is 2.61. The largest absolute Gasteiger partial charge is 0.348 e. The van der Waals surface area contributed by atoms with Gasteiger partial charge in [-0.25, -0.2) is 0 Å². The van der Waals surface area contributed by atoms with E-state index in [1.54, 1.807) is 6.20 Å². The van der Waals surface area contributed by atoms with E-state index in [9.17, 15) is 9.59 Å². The Morgan fingerprint density at radius 1 is 1.20 bits per heavy atom. The van der Waals surface area contributed by atoms with Crippen molar-refractivity contribution in [1.82, 2.24) is 9.88 Å². The summed E-state index contributed by atoms with van der Waals surface area (Å²) in [6, 6.07) is 14.0. The molecule has 0 saturated carbocycles. The summed E-state index contributed by atoms with van der Waals surface area (Å²) < 4.78 is 2.06. The van der Waals surface area contributed by atoms with Gasteiger partial charge in [0.05, 0.1) is 5.52 Å². The van der Waals surface area contributed by atoms with Crippen molar-refractivity contribution in [2.45, 2.75) is 32.9 Å². The van der Waals surface area contributed by atoms with Crippen LogP contribution >= 0.6 is 0 Å². The highest BCUT2D eigenvalue weighted by molar-refractivity contribution is 5.98. The van der Waals surface area contributed by atoms with Crippen molar-refractivity contribution >= 4 is 16.8 Å². The molecule has 0 aliphatic carbocycles. The molecule has 4 rings (SSSR count). The molecule has 25 heavy (non-hydrogen) atoms. The van der Waals surface area contributed by atoms with E-state index in [1.807, 2.05) is 43.3 Å². The molecule has 0 fully saturated rings. The molecular weight excluding hydrogens is 312 g/mol. The van der Waals surface area contributed by atoms with Crippen LogP contribution in [0.25, 0.3) is 10.9 Å². The molecule has 4 heteroatoms. The van der Waals surface area contributed by atoms with Gasteiger partial charge in [-0.2, -0.15) is 0 Å². The average Bonchev–Trinajstić information content (AvgIpc) is 2.93. The third-order valence-corrected chi connectivity index (χ3v) is 4.94. The van der Waals surface area contributed by atoms with Crippen molar-refractivity contribution in [1.29, 1.82) is 0 Å². The van der Waals surface area contributed by atoms with Gasteiger partial charge in [-0.1, -0.05) is 42.0 Å². The number of hydrogen-bond acceptors (Lipinski definition) is 2. The second-order valence-corrected chi connectivity index (χ2v) is 6.81. The second-order valence-electron chi connectivity index (χ2n) is 6.81. The van der Waals surface area contributed by atoms with Gasteiger partial charge >= 0.3 is 0 Å². The molecule has 126 valence electrons. The van der Waals surface area contributed by atoms with Crippen LogP contribution < -0.4 is 10.7 Å². The molecule has 0 unspecified atom stereocenters. The predicted octanol–water partition coefficient (Wildman–Crippen LogP) is 3.36. The minimum atomic E-state index is -0.319. The Kier molecular flexibility index (Phi) is 3.68. The van der Waals surface area contributed by atoms with Crippen molar-refractivity contribution < 1.29 is 4.79 Å². The lowest BCUT2D eigenvalue weighted by molar-refractivity contribution is 0.0949. The number of para-hydroxylation sites is 1. The number of benzene rings is 2. The first-order chi connectivity index (χ1) is 12.0. The van der Waals surface area contributed by atoms with Crippen molar-refractivity contribution in [3.63, 3.8) is 0 Å². The van der Waals surface area contributed by atoms with E-state index in [0.29, 0.717) is 11.9 Å². The quantitative estimate of drug-likeness (QED) is 0.799. The molecule has 1 aliphatic heterocycles. The standard InChI is InChI=1S/C21H20N2O2/c1-13-6-8-15(9-7-13)11-22-21(25)18-12-23-14(2)10-16-4-3-5-17(19(16)23)20(18)24/h3-9,12,14H,10-11H2,1-2H3,(H,22,25)/t14-/m1/s1. The molecule has 1 aliphatic rings. The summed E-state index contributed by atoms with van der Waals surface area (Å²) >= 11 is 0. The zero-order chi connectivity index (χ0) is 17.6. The van der Waals surface area contributed by atoms with Crippen molar-refractivity contribution in [2.75, 3.05) is 0 Å². The maximum atomic E-state index is 12.8. The Labute approximate surface area is 146 Å². The van der Waals surface area contributed by atoms with Crippen molar-refractivity contribution in [2.24, 2.45) is 0 Å². The maximum Gasteiger partial charge on any atom is 0.257 e. The fourth-order valence-electron chi connectivity index (χ4n) is 3.56. The molecule has 1 amide bonds. The topological polar surface area (TPSA) is 51.1 Å². The van der Waals surface area contributed by atoms with Crippen LogP contribution in [0.4, 0.5) is 0 Å². The van der Waals surface area contributed by atoms with E-state index < -0.39 is 0 Å². The molecule has 0 saturated heterocycles. The van der Waals surface area contributed by atoms with Gasteiger partial charge in [-0.3, -0.25) is 9.59 Å². The number of carbonyl (C=O) groups is 1. The molecule has 0 spiro atoms. The predicted molar refractivity (Wildman–Crippen MR) is 99.0 cm³/mol. The summed E-state index contributed by atoms with van der Waals surface area (Å²) in [5, 5.41) is 3.50. The lowest BCUT2D eigenvalue weighted by Gasteiger charge is -2.12. The molecule has 0 radical (unpaired) electrons. The minimum absolute atomic E-state index is 0.191. The van der Waals surface area contributed by atoms with Gasteiger partial charge in [0.15, 0.2) is 0 Å². The smallest absolute Gasteiger partial charge is 0.257 e. The first-order valence-electron chi connectivity index (χ1n) is 8.55. The number of rotatable bonds is 3. The number of amides is 1. The van der Waals surface area contributed by atoms with Gasteiger partial charge in [0.2, 0.25) is 5.43 Å². The zero-order valence-corrected chi connectivity index (χ0v) is 14.4. The number of hydrogen-bond donors (Lipinski definition) is 1. The first-order valence-corrected chi connectivity index (χ1v) is 8.55. The van der Waals surface area contributed by atoms with Crippen molar-refractivity contribution in [3.05, 3.63) is 81.1 Å². The van der Waals surface area contributed by atoms with Crippen LogP contribution in [0.1, 0.15) is 40.0 Å². The lowest BCUT2D eigenvalue weighted by atomic mass is 10.1. The summed E-state index contributed by atoms with van der Waals surface area (Å²) in [4.78, 5) is 25.4. The van der Waals surface area contributed by atoms with Gasteiger partial charge < -0.3 is 9.88 Å². The number of nitrogens with zero attached hydrogens (tertiary/aromatic N) is 1. The first kappa shape index (κ1) is 15.6. The number of carbonyl (C=O) groups excluding carboxylic acids is 1. The molecule has 1 aromatic heterocycles. The molecule has 1 atom stereocenters. The van der Waals surface area contributed by atoms with Crippen LogP contribution in [0.2, 0.25) is 0 Å². The summed E-state index contributed by atoms with van der Waals surface area (Å²) in [6.45, 7) is 4.54. The van der Waals surface area contributed by atoms with Gasteiger partial charge in [-0.15, -0.1) is 0 Å². The summed E-state index contributed by atoms with van der Waals surface area (Å²) in [5.74, 6) is -0.319. The third-order valence-electron chi connectivity index (χ3n) is 4.94. The van der Waals surface area contributed by atoms with E-state index in [1.165, 1.54) is 11.1 Å². The summed E-state index contributed by atoms with van der Waals surface area (Å²) in [7, 11) is 0. The minimum Gasteiger partial charge on any atom is -0.348 e. The lowest BCUT2D eigenvalue weighted by Crippen LogP contribution is -2.29. The van der Waals surface area contributed by atoms with Crippen LogP contribution in [0.5, 0.6) is 0 Å². The molecule has 0 bridgehead atoms. The number of nitrogens with one attached hydrogen (secondary N) is 1. The molecular formula is C21H20N2O2. The molecule has 2 heterocycles. The van der Waals surface area contributed by atoms with Gasteiger partial charge in [-0.05, 0) is 37.5 Å². The number of pyridine rings is 1. The van der Waals surface area contributed by atoms with E-state index in [0.717, 1.165) is 17.5 Å². The Morgan fingerprint density at radius 3 is 2.72 bits per heavy atom. The molecule has 1 N–H and O–H groups in total. The van der Waals surface area contributed by atoms with Gasteiger partial charge in [0.1, 0.15) is 5.56 Å². The maximum absolute atomic E-state index is 12.8. The van der Waals surface area contributed by atoms with Crippen LogP contribution in [-0.4, -0.2) is 10.5 Å². The highest BCUT2D eigenvalue weighted by atomic mass is 16.2. The monoisotopic (exact) mass is 332 g/mol. The zero-order valence-electron chi connectivity index (χ0n) is 14.4. The van der Waals surface area contributed by atoms with Crippen molar-refractivity contribution in [3.8, 4) is 0 Å². The highest BCUT2D eigenvalue weighted by Crippen LogP contribution is 2.30. The fourth-order valence-corrected chi connectivity index (χ4v) is 3.56. The highest BCUT2D eigenvalue weighted by Gasteiger charge is 2.24. The third kappa shape index (κ3) is 2.64. The Bertz CT molecular complexity index is 1030. The fraction of sp³-hybridized carbons (Fsp3) is 0.238. The second kappa shape index (κ2) is 5.88. The van der Waals surface area contributed by atoms with Gasteiger partial charge in [0.25, 0.3) is 5.91 Å². The van der Waals surface area contributed by atoms with Crippen LogP contribution in [0, 0.1) is 6.92 Å². The van der Waals surface area contributed by atoms with Crippen LogP contribution in [0.15, 0.2) is 53.5 Å². The summed E-state index contributed by atoms with van der Waals surface area (Å²) in [5.41, 5.74) is 4.36. The number of aryl methyl sites for hydroxylation is 1. The molecule has 3 aromatic rings. The Morgan fingerprint density at radius 2 is 1.96 bits per heavy atom. The van der Waals surface area contributed by atoms with E-state index in [-0.39, 0.29) is 22.9 Å². The SMILES string of the molecule is Cc1ccc(CNC(=O)c2cn3c4c(cccc4c2=O)C[C@H]3C)cc1. The Hall–Kier alpha value is -2.88. The van der Waals surface area contributed by atoms with Crippen LogP contribution in [-0.2, 0) is 13.0 Å². The molecule has 4 nitrogen and oxygen atoms in total. The number of aromatic nitrogens is 1. The Balaban J connectivity index is 1.68. The van der Waals surface area contributed by atoms with Gasteiger partial charge in [0, 0.05) is 24.2 Å². The normalized spacial score (nSPS) is 15.5. The van der Waals surface area contributed by atoms with Crippen LogP contribution in [0.3, 0.4) is 0 Å². The average molecular weight is 332 g/mol. The van der Waals surface area contributed by atoms with E-state index in [4.69, 9.17) is 0 Å². The molecule has 2 aromatic carbocycles. The van der Waals surface area contributed by atoms with E-state index >= 15 is 0 Å². The van der Waals surface area contributed by atoms with E-state index in [2.05, 4.69) is 22.9 Å².